The van der Waals surface area contributed by atoms with Crippen molar-refractivity contribution < 1.29 is 14.7 Å². The van der Waals surface area contributed by atoms with Crippen molar-refractivity contribution in [2.45, 2.75) is 19.0 Å². The lowest BCUT2D eigenvalue weighted by atomic mass is 9.95. The van der Waals surface area contributed by atoms with Crippen LogP contribution in [-0.4, -0.2) is 37.8 Å². The van der Waals surface area contributed by atoms with E-state index in [2.05, 4.69) is 20.9 Å². The number of aryl methyl sites for hydroxylation is 1. The molecule has 1 saturated heterocycles. The van der Waals surface area contributed by atoms with Crippen LogP contribution in [0.1, 0.15) is 23.6 Å². The topological polar surface area (TPSA) is 75.4 Å². The Morgan fingerprint density at radius 3 is 2.42 bits per heavy atom. The Hall–Kier alpha value is -2.90. The number of rotatable bonds is 6. The predicted octanol–water partition coefficient (Wildman–Crippen LogP) is 4.81. The van der Waals surface area contributed by atoms with Gasteiger partial charge in [0.15, 0.2) is 0 Å². The SMILES string of the molecule is O=C1C(=O)N(CCCn2ccnc2)C(c2ccc(Br)cc2)/C1=C(\O)c1ccc(Cl)cc1. The first-order chi connectivity index (χ1) is 15.0. The number of hydrogen-bond acceptors (Lipinski definition) is 4. The smallest absolute Gasteiger partial charge is 0.295 e. The van der Waals surface area contributed by atoms with E-state index < -0.39 is 17.7 Å². The molecule has 0 spiro atoms. The lowest BCUT2D eigenvalue weighted by Crippen LogP contribution is -2.31. The van der Waals surface area contributed by atoms with Crippen LogP contribution in [0, 0.1) is 0 Å². The number of halogens is 2. The quantitative estimate of drug-likeness (QED) is 0.299. The number of likely N-dealkylation sites (tertiary alicyclic amines) is 1. The van der Waals surface area contributed by atoms with Gasteiger partial charge in [-0.15, -0.1) is 0 Å². The summed E-state index contributed by atoms with van der Waals surface area (Å²) in [7, 11) is 0. The molecule has 1 aliphatic rings. The number of aliphatic hydroxyl groups is 1. The standard InChI is InChI=1S/C23H19BrClN3O3/c24-17-6-2-15(3-7-17)20-19(21(29)16-4-8-18(25)9-5-16)22(30)23(31)28(20)12-1-11-27-13-10-26-14-27/h2-10,13-14,20,29H,1,11-12H2/b21-19+. The van der Waals surface area contributed by atoms with Gasteiger partial charge in [-0.3, -0.25) is 9.59 Å². The minimum Gasteiger partial charge on any atom is -0.507 e. The van der Waals surface area contributed by atoms with Crippen molar-refractivity contribution in [3.05, 3.63) is 93.4 Å². The van der Waals surface area contributed by atoms with Gasteiger partial charge in [-0.2, -0.15) is 0 Å². The second kappa shape index (κ2) is 9.08. The summed E-state index contributed by atoms with van der Waals surface area (Å²) in [6.45, 7) is 1.02. The van der Waals surface area contributed by atoms with Crippen molar-refractivity contribution in [2.24, 2.45) is 0 Å². The number of aliphatic hydroxyl groups excluding tert-OH is 1. The minimum atomic E-state index is -0.692. The van der Waals surface area contributed by atoms with Crippen LogP contribution in [-0.2, 0) is 16.1 Å². The molecule has 1 unspecified atom stereocenters. The van der Waals surface area contributed by atoms with Crippen LogP contribution in [0.25, 0.3) is 5.76 Å². The van der Waals surface area contributed by atoms with E-state index in [-0.39, 0.29) is 11.3 Å². The largest absolute Gasteiger partial charge is 0.507 e. The van der Waals surface area contributed by atoms with E-state index in [0.29, 0.717) is 30.1 Å². The third-order valence-electron chi connectivity index (χ3n) is 5.22. The Kier molecular flexibility index (Phi) is 6.25. The molecular formula is C23H19BrClN3O3. The van der Waals surface area contributed by atoms with Gasteiger partial charge in [0.1, 0.15) is 5.76 Å². The molecule has 1 aromatic heterocycles. The molecule has 0 bridgehead atoms. The molecule has 1 amide bonds. The second-order valence-corrected chi connectivity index (χ2v) is 8.56. The number of nitrogens with zero attached hydrogens (tertiary/aromatic N) is 3. The maximum Gasteiger partial charge on any atom is 0.295 e. The third kappa shape index (κ3) is 4.43. The summed E-state index contributed by atoms with van der Waals surface area (Å²) in [5.74, 6) is -1.52. The van der Waals surface area contributed by atoms with Crippen LogP contribution >= 0.6 is 27.5 Å². The Morgan fingerprint density at radius 2 is 1.77 bits per heavy atom. The number of Topliss-reactive ketones (excluding diaryl/α,β-unsaturated/α-hetero) is 1. The summed E-state index contributed by atoms with van der Waals surface area (Å²) in [6.07, 6.45) is 5.89. The zero-order valence-electron chi connectivity index (χ0n) is 16.4. The summed E-state index contributed by atoms with van der Waals surface area (Å²) >= 11 is 9.37. The van der Waals surface area contributed by atoms with Crippen LogP contribution in [0.3, 0.4) is 0 Å². The minimum absolute atomic E-state index is 0.0808. The van der Waals surface area contributed by atoms with Gasteiger partial charge >= 0.3 is 0 Å². The number of aromatic nitrogens is 2. The number of amides is 1. The van der Waals surface area contributed by atoms with Crippen molar-refractivity contribution in [3.8, 4) is 0 Å². The molecule has 0 radical (unpaired) electrons. The van der Waals surface area contributed by atoms with Crippen molar-refractivity contribution in [3.63, 3.8) is 0 Å². The lowest BCUT2D eigenvalue weighted by molar-refractivity contribution is -0.139. The number of imidazole rings is 1. The molecule has 2 aromatic carbocycles. The highest BCUT2D eigenvalue weighted by molar-refractivity contribution is 9.10. The Bertz CT molecular complexity index is 1130. The lowest BCUT2D eigenvalue weighted by Gasteiger charge is -2.25. The van der Waals surface area contributed by atoms with Crippen LogP contribution < -0.4 is 0 Å². The van der Waals surface area contributed by atoms with Gasteiger partial charge < -0.3 is 14.6 Å². The average molecular weight is 501 g/mol. The van der Waals surface area contributed by atoms with Gasteiger partial charge in [0.25, 0.3) is 11.7 Å². The van der Waals surface area contributed by atoms with Gasteiger partial charge in [0.05, 0.1) is 17.9 Å². The fraction of sp³-hybridized carbons (Fsp3) is 0.174. The van der Waals surface area contributed by atoms with Gasteiger partial charge in [-0.05, 0) is 48.4 Å². The van der Waals surface area contributed by atoms with E-state index >= 15 is 0 Å². The van der Waals surface area contributed by atoms with Crippen LogP contribution in [0.15, 0.2) is 77.3 Å². The third-order valence-corrected chi connectivity index (χ3v) is 6.00. The van der Waals surface area contributed by atoms with E-state index in [1.165, 1.54) is 4.90 Å². The van der Waals surface area contributed by atoms with Crippen molar-refractivity contribution in [1.29, 1.82) is 0 Å². The molecule has 0 aliphatic carbocycles. The number of ketones is 1. The molecule has 8 heteroatoms. The van der Waals surface area contributed by atoms with Crippen LogP contribution in [0.4, 0.5) is 0 Å². The first kappa shape index (κ1) is 21.3. The molecule has 4 rings (SSSR count). The number of carbonyl (C=O) groups excluding carboxylic acids is 2. The molecule has 6 nitrogen and oxygen atoms in total. The highest BCUT2D eigenvalue weighted by atomic mass is 79.9. The first-order valence-corrected chi connectivity index (χ1v) is 10.9. The van der Waals surface area contributed by atoms with E-state index in [0.717, 1.165) is 10.0 Å². The van der Waals surface area contributed by atoms with Gasteiger partial charge in [0, 0.05) is 40.5 Å². The van der Waals surface area contributed by atoms with E-state index in [1.54, 1.807) is 36.8 Å². The van der Waals surface area contributed by atoms with Crippen LogP contribution in [0.2, 0.25) is 5.02 Å². The first-order valence-electron chi connectivity index (χ1n) is 9.71. The molecule has 1 aliphatic heterocycles. The van der Waals surface area contributed by atoms with Crippen molar-refractivity contribution in [2.75, 3.05) is 6.54 Å². The molecule has 2 heterocycles. The molecule has 0 saturated carbocycles. The normalized spacial score (nSPS) is 18.0. The Morgan fingerprint density at radius 1 is 1.06 bits per heavy atom. The Labute approximate surface area is 192 Å². The predicted molar refractivity (Wildman–Crippen MR) is 121 cm³/mol. The highest BCUT2D eigenvalue weighted by Crippen LogP contribution is 2.39. The second-order valence-electron chi connectivity index (χ2n) is 7.20. The monoisotopic (exact) mass is 499 g/mol. The molecule has 1 fully saturated rings. The van der Waals surface area contributed by atoms with E-state index in [9.17, 15) is 14.7 Å². The van der Waals surface area contributed by atoms with Gasteiger partial charge in [-0.25, -0.2) is 4.98 Å². The molecule has 31 heavy (non-hydrogen) atoms. The summed E-state index contributed by atoms with van der Waals surface area (Å²) in [4.78, 5) is 31.5. The van der Waals surface area contributed by atoms with Crippen molar-refractivity contribution in [1.82, 2.24) is 14.5 Å². The van der Waals surface area contributed by atoms with Crippen molar-refractivity contribution >= 4 is 45.0 Å². The summed E-state index contributed by atoms with van der Waals surface area (Å²) in [6, 6.07) is 13.2. The summed E-state index contributed by atoms with van der Waals surface area (Å²) in [5, 5.41) is 11.5. The van der Waals surface area contributed by atoms with Gasteiger partial charge in [0.2, 0.25) is 0 Å². The molecular weight excluding hydrogens is 482 g/mol. The molecule has 1 N–H and O–H groups in total. The summed E-state index contributed by atoms with van der Waals surface area (Å²) < 4.78 is 2.80. The average Bonchev–Trinajstić information content (AvgIpc) is 3.37. The van der Waals surface area contributed by atoms with E-state index in [1.807, 2.05) is 35.0 Å². The van der Waals surface area contributed by atoms with Gasteiger partial charge in [-0.1, -0.05) is 39.7 Å². The number of benzene rings is 2. The molecule has 158 valence electrons. The van der Waals surface area contributed by atoms with Crippen LogP contribution in [0.5, 0.6) is 0 Å². The maximum absolute atomic E-state index is 13.0. The number of hydrogen-bond donors (Lipinski definition) is 1. The molecule has 3 aromatic rings. The maximum atomic E-state index is 13.0. The fourth-order valence-corrected chi connectivity index (χ4v) is 4.10. The molecule has 1 atom stereocenters. The zero-order valence-corrected chi connectivity index (χ0v) is 18.8. The Balaban J connectivity index is 1.72. The highest BCUT2D eigenvalue weighted by Gasteiger charge is 2.45. The zero-order chi connectivity index (χ0) is 22.0. The van der Waals surface area contributed by atoms with E-state index in [4.69, 9.17) is 11.6 Å². The fourth-order valence-electron chi connectivity index (χ4n) is 3.71. The summed E-state index contributed by atoms with van der Waals surface area (Å²) in [5.41, 5.74) is 1.26. The number of carbonyl (C=O) groups is 2.